The van der Waals surface area contributed by atoms with E-state index >= 15 is 0 Å². The number of piperidine rings is 1. The molecule has 1 aromatic carbocycles. The van der Waals surface area contributed by atoms with E-state index in [4.69, 9.17) is 23.1 Å². The number of aryl methyl sites for hydroxylation is 1. The van der Waals surface area contributed by atoms with Crippen molar-refractivity contribution < 1.29 is 4.79 Å². The Bertz CT molecular complexity index is 1270. The summed E-state index contributed by atoms with van der Waals surface area (Å²) in [6.07, 6.45) is 7.03. The minimum atomic E-state index is -0.246. The molecule has 2 aromatic heterocycles. The maximum atomic E-state index is 13.2. The Morgan fingerprint density at radius 2 is 1.97 bits per heavy atom. The predicted octanol–water partition coefficient (Wildman–Crippen LogP) is 2.80. The molecule has 0 saturated carbocycles. The van der Waals surface area contributed by atoms with Gasteiger partial charge in [0.05, 0.1) is 12.4 Å². The predicted molar refractivity (Wildman–Crippen MR) is 131 cm³/mol. The Hall–Kier alpha value is -3.17. The van der Waals surface area contributed by atoms with Crippen LogP contribution in [0.5, 0.6) is 0 Å². The third kappa shape index (κ3) is 3.33. The molecule has 10 heteroatoms. The third-order valence-corrected chi connectivity index (χ3v) is 7.92. The summed E-state index contributed by atoms with van der Waals surface area (Å²) in [5, 5.41) is 5.03. The molecule has 9 nitrogen and oxygen atoms in total. The van der Waals surface area contributed by atoms with Crippen LogP contribution in [0, 0.1) is 5.41 Å². The number of nitrogens with zero attached hydrogens (tertiary/aromatic N) is 6. The highest BCUT2D eigenvalue weighted by atomic mass is 35.5. The molecule has 0 unspecified atom stereocenters. The van der Waals surface area contributed by atoms with Crippen LogP contribution in [-0.2, 0) is 13.0 Å². The van der Waals surface area contributed by atoms with E-state index in [9.17, 15) is 4.79 Å². The number of aromatic nitrogens is 4. The van der Waals surface area contributed by atoms with E-state index in [1.165, 1.54) is 11.1 Å². The molecule has 6 rings (SSSR count). The van der Waals surface area contributed by atoms with Crippen LogP contribution >= 0.6 is 11.6 Å². The lowest BCUT2D eigenvalue weighted by atomic mass is 9.73. The van der Waals surface area contributed by atoms with E-state index in [1.807, 2.05) is 16.8 Å². The molecule has 3 aromatic rings. The van der Waals surface area contributed by atoms with Crippen molar-refractivity contribution in [1.82, 2.24) is 19.7 Å². The van der Waals surface area contributed by atoms with Crippen LogP contribution in [0.15, 0.2) is 36.7 Å². The molecule has 1 aliphatic carbocycles. The SMILES string of the molecule is Nc1nc(N2CCC3(CC2)Cc2cc(Cl)ccc2[C@H]3N)cnc1C(=O)N1CCCn2nccc21. The number of fused-ring (bicyclic) bond motifs is 2. The molecule has 1 fully saturated rings. The molecule has 3 aliphatic rings. The zero-order chi connectivity index (χ0) is 23.4. The summed E-state index contributed by atoms with van der Waals surface area (Å²) >= 11 is 6.21. The zero-order valence-electron chi connectivity index (χ0n) is 18.8. The number of benzene rings is 1. The Kier molecular flexibility index (Phi) is 5.00. The molecule has 2 aliphatic heterocycles. The summed E-state index contributed by atoms with van der Waals surface area (Å²) in [5.41, 5.74) is 15.6. The Labute approximate surface area is 202 Å². The van der Waals surface area contributed by atoms with Crippen LogP contribution in [0.1, 0.15) is 46.9 Å². The second-order valence-electron chi connectivity index (χ2n) is 9.53. The lowest BCUT2D eigenvalue weighted by molar-refractivity contribution is 0.0977. The van der Waals surface area contributed by atoms with Crippen molar-refractivity contribution in [2.24, 2.45) is 11.1 Å². The van der Waals surface area contributed by atoms with E-state index in [2.05, 4.69) is 32.1 Å². The summed E-state index contributed by atoms with van der Waals surface area (Å²) < 4.78 is 1.82. The van der Waals surface area contributed by atoms with Crippen molar-refractivity contribution in [2.75, 3.05) is 35.2 Å². The van der Waals surface area contributed by atoms with Gasteiger partial charge in [0.15, 0.2) is 11.5 Å². The molecule has 176 valence electrons. The van der Waals surface area contributed by atoms with E-state index in [0.29, 0.717) is 12.4 Å². The molecule has 4 heterocycles. The number of anilines is 3. The highest BCUT2D eigenvalue weighted by molar-refractivity contribution is 6.30. The molecular formula is C24H27ClN8O. The molecule has 0 bridgehead atoms. The quantitative estimate of drug-likeness (QED) is 0.581. The van der Waals surface area contributed by atoms with Gasteiger partial charge in [-0.1, -0.05) is 17.7 Å². The number of halogens is 1. The first-order valence-corrected chi connectivity index (χ1v) is 12.1. The van der Waals surface area contributed by atoms with Crippen LogP contribution < -0.4 is 21.3 Å². The van der Waals surface area contributed by atoms with E-state index in [0.717, 1.165) is 56.2 Å². The van der Waals surface area contributed by atoms with Crippen molar-refractivity contribution in [3.8, 4) is 0 Å². The van der Waals surface area contributed by atoms with Crippen molar-refractivity contribution >= 4 is 35.0 Å². The Morgan fingerprint density at radius 3 is 2.76 bits per heavy atom. The van der Waals surface area contributed by atoms with Crippen molar-refractivity contribution in [1.29, 1.82) is 0 Å². The molecular weight excluding hydrogens is 452 g/mol. The number of hydrogen-bond donors (Lipinski definition) is 2. The summed E-state index contributed by atoms with van der Waals surface area (Å²) in [5.74, 6) is 1.36. The van der Waals surface area contributed by atoms with E-state index in [-0.39, 0.29) is 28.9 Å². The van der Waals surface area contributed by atoms with Crippen LogP contribution in [0.2, 0.25) is 5.02 Å². The van der Waals surface area contributed by atoms with Gasteiger partial charge in [-0.3, -0.25) is 9.69 Å². The number of hydrogen-bond acceptors (Lipinski definition) is 7. The van der Waals surface area contributed by atoms with Gasteiger partial charge < -0.3 is 16.4 Å². The van der Waals surface area contributed by atoms with Crippen LogP contribution in [0.25, 0.3) is 0 Å². The average molecular weight is 479 g/mol. The molecule has 1 spiro atoms. The van der Waals surface area contributed by atoms with Crippen LogP contribution in [0.3, 0.4) is 0 Å². The zero-order valence-corrected chi connectivity index (χ0v) is 19.6. The first-order chi connectivity index (χ1) is 16.4. The fraction of sp³-hybridized carbons (Fsp3) is 0.417. The van der Waals surface area contributed by atoms with Gasteiger partial charge in [0.2, 0.25) is 0 Å². The van der Waals surface area contributed by atoms with E-state index < -0.39 is 0 Å². The number of nitrogen functional groups attached to an aromatic ring is 1. The maximum absolute atomic E-state index is 13.2. The number of amides is 1. The molecule has 1 amide bonds. The van der Waals surface area contributed by atoms with Crippen LogP contribution in [0.4, 0.5) is 17.5 Å². The van der Waals surface area contributed by atoms with Gasteiger partial charge in [-0.2, -0.15) is 5.10 Å². The van der Waals surface area contributed by atoms with Crippen molar-refractivity contribution in [2.45, 2.75) is 38.3 Å². The Morgan fingerprint density at radius 1 is 1.15 bits per heavy atom. The monoisotopic (exact) mass is 478 g/mol. The maximum Gasteiger partial charge on any atom is 0.281 e. The smallest absolute Gasteiger partial charge is 0.281 e. The van der Waals surface area contributed by atoms with Gasteiger partial charge >= 0.3 is 0 Å². The molecule has 34 heavy (non-hydrogen) atoms. The van der Waals surface area contributed by atoms with Gasteiger partial charge in [0, 0.05) is 43.3 Å². The highest BCUT2D eigenvalue weighted by Crippen LogP contribution is 2.51. The summed E-state index contributed by atoms with van der Waals surface area (Å²) in [6, 6.07) is 7.89. The minimum Gasteiger partial charge on any atom is -0.382 e. The second kappa shape index (κ2) is 7.95. The first-order valence-electron chi connectivity index (χ1n) is 11.7. The molecule has 1 atom stereocenters. The summed E-state index contributed by atoms with van der Waals surface area (Å²) in [4.78, 5) is 26.0. The highest BCUT2D eigenvalue weighted by Gasteiger charge is 2.46. The van der Waals surface area contributed by atoms with E-state index in [1.54, 1.807) is 17.3 Å². The fourth-order valence-electron chi connectivity index (χ4n) is 5.78. The number of carbonyl (C=O) groups excluding carboxylic acids is 1. The molecule has 4 N–H and O–H groups in total. The van der Waals surface area contributed by atoms with Gasteiger partial charge in [0.25, 0.3) is 5.91 Å². The third-order valence-electron chi connectivity index (χ3n) is 7.68. The average Bonchev–Trinajstić information content (AvgIpc) is 3.42. The summed E-state index contributed by atoms with van der Waals surface area (Å²) in [7, 11) is 0. The van der Waals surface area contributed by atoms with Gasteiger partial charge in [-0.25, -0.2) is 14.6 Å². The van der Waals surface area contributed by atoms with Gasteiger partial charge in [0.1, 0.15) is 11.6 Å². The summed E-state index contributed by atoms with van der Waals surface area (Å²) in [6.45, 7) is 3.02. The molecule has 0 radical (unpaired) electrons. The number of nitrogens with two attached hydrogens (primary N) is 2. The minimum absolute atomic E-state index is 0.0102. The van der Waals surface area contributed by atoms with Crippen molar-refractivity contribution in [3.05, 3.63) is 58.5 Å². The normalized spacial score (nSPS) is 20.9. The number of rotatable bonds is 2. The lowest BCUT2D eigenvalue weighted by Gasteiger charge is -2.42. The van der Waals surface area contributed by atoms with Gasteiger partial charge in [-0.05, 0) is 54.4 Å². The standard InChI is InChI=1S/C24H27ClN8O/c25-16-2-3-17-15(12-16)13-24(21(17)26)5-10-31(11-6-24)18-14-28-20(22(27)30-18)23(34)32-8-1-9-33-19(32)4-7-29-33/h2-4,7,12,14,21H,1,5-6,8-11,13,26H2,(H2,27,30)/t21-/m1/s1. The molecule has 1 saturated heterocycles. The fourth-order valence-corrected chi connectivity index (χ4v) is 5.98. The van der Waals surface area contributed by atoms with Gasteiger partial charge in [-0.15, -0.1) is 0 Å². The Balaban J connectivity index is 1.17. The van der Waals surface area contributed by atoms with Crippen LogP contribution in [-0.4, -0.2) is 45.3 Å². The number of carbonyl (C=O) groups is 1. The second-order valence-corrected chi connectivity index (χ2v) is 9.97. The first kappa shape index (κ1) is 21.4. The lowest BCUT2D eigenvalue weighted by Crippen LogP contribution is -2.44. The van der Waals surface area contributed by atoms with Crippen molar-refractivity contribution in [3.63, 3.8) is 0 Å². The topological polar surface area (TPSA) is 119 Å². The largest absolute Gasteiger partial charge is 0.382 e.